The monoisotopic (exact) mass is 293 g/mol. The van der Waals surface area contributed by atoms with E-state index < -0.39 is 0 Å². The van der Waals surface area contributed by atoms with Crippen molar-refractivity contribution >= 4 is 0 Å². The first-order valence-corrected chi connectivity index (χ1v) is 8.37. The van der Waals surface area contributed by atoms with Gasteiger partial charge < -0.3 is 5.32 Å². The SMILES string of the molecule is CCCNC(CCCC(C)C)C(C)(C)c1ccc(F)cc1. The van der Waals surface area contributed by atoms with Gasteiger partial charge in [-0.3, -0.25) is 0 Å². The fraction of sp³-hybridized carbons (Fsp3) is 0.684. The van der Waals surface area contributed by atoms with Gasteiger partial charge in [0.2, 0.25) is 0 Å². The van der Waals surface area contributed by atoms with Gasteiger partial charge in [-0.15, -0.1) is 0 Å². The molecule has 21 heavy (non-hydrogen) atoms. The van der Waals surface area contributed by atoms with Crippen molar-refractivity contribution in [3.05, 3.63) is 35.6 Å². The summed E-state index contributed by atoms with van der Waals surface area (Å²) in [6, 6.07) is 7.43. The Kier molecular flexibility index (Phi) is 7.37. The van der Waals surface area contributed by atoms with E-state index in [1.165, 1.54) is 24.8 Å². The minimum atomic E-state index is -0.160. The fourth-order valence-corrected chi connectivity index (χ4v) is 2.85. The minimum absolute atomic E-state index is 0.0137. The van der Waals surface area contributed by atoms with Gasteiger partial charge in [0.1, 0.15) is 5.82 Å². The van der Waals surface area contributed by atoms with Gasteiger partial charge in [-0.2, -0.15) is 0 Å². The van der Waals surface area contributed by atoms with Gasteiger partial charge >= 0.3 is 0 Å². The number of nitrogens with one attached hydrogen (secondary N) is 1. The lowest BCUT2D eigenvalue weighted by atomic mass is 9.75. The van der Waals surface area contributed by atoms with Crippen molar-refractivity contribution in [3.63, 3.8) is 0 Å². The lowest BCUT2D eigenvalue weighted by Gasteiger charge is -2.36. The van der Waals surface area contributed by atoms with Gasteiger partial charge in [-0.25, -0.2) is 4.39 Å². The van der Waals surface area contributed by atoms with Crippen molar-refractivity contribution in [2.24, 2.45) is 5.92 Å². The van der Waals surface area contributed by atoms with Crippen LogP contribution in [0.15, 0.2) is 24.3 Å². The molecule has 0 aliphatic rings. The van der Waals surface area contributed by atoms with E-state index in [-0.39, 0.29) is 11.2 Å². The summed E-state index contributed by atoms with van der Waals surface area (Å²) in [7, 11) is 0. The maximum absolute atomic E-state index is 13.2. The van der Waals surface area contributed by atoms with Crippen LogP contribution >= 0.6 is 0 Å². The van der Waals surface area contributed by atoms with Crippen LogP contribution in [0.25, 0.3) is 0 Å². The molecule has 0 aliphatic carbocycles. The summed E-state index contributed by atoms with van der Waals surface area (Å²) < 4.78 is 13.2. The van der Waals surface area contributed by atoms with Gasteiger partial charge in [0, 0.05) is 11.5 Å². The molecule has 0 saturated heterocycles. The molecular formula is C19H32FN. The smallest absolute Gasteiger partial charge is 0.123 e. The highest BCUT2D eigenvalue weighted by Gasteiger charge is 2.30. The van der Waals surface area contributed by atoms with Crippen LogP contribution in [0, 0.1) is 11.7 Å². The van der Waals surface area contributed by atoms with E-state index in [4.69, 9.17) is 0 Å². The number of rotatable bonds is 9. The van der Waals surface area contributed by atoms with Crippen LogP contribution in [0.1, 0.15) is 65.9 Å². The van der Waals surface area contributed by atoms with E-state index in [0.29, 0.717) is 6.04 Å². The molecule has 2 heteroatoms. The average Bonchev–Trinajstić information content (AvgIpc) is 2.42. The minimum Gasteiger partial charge on any atom is -0.313 e. The summed E-state index contributed by atoms with van der Waals surface area (Å²) in [6.45, 7) is 12.3. The number of hydrogen-bond acceptors (Lipinski definition) is 1. The van der Waals surface area contributed by atoms with Crippen molar-refractivity contribution in [2.45, 2.75) is 71.8 Å². The Morgan fingerprint density at radius 1 is 1.10 bits per heavy atom. The molecule has 0 aromatic heterocycles. The molecule has 0 spiro atoms. The molecule has 1 rings (SSSR count). The molecule has 0 heterocycles. The highest BCUT2D eigenvalue weighted by Crippen LogP contribution is 2.30. The van der Waals surface area contributed by atoms with Gasteiger partial charge in [-0.05, 0) is 43.0 Å². The highest BCUT2D eigenvalue weighted by atomic mass is 19.1. The van der Waals surface area contributed by atoms with Gasteiger partial charge in [-0.1, -0.05) is 59.6 Å². The third-order valence-corrected chi connectivity index (χ3v) is 4.37. The van der Waals surface area contributed by atoms with Crippen LogP contribution in [-0.2, 0) is 5.41 Å². The summed E-state index contributed by atoms with van der Waals surface area (Å²) in [4.78, 5) is 0. The lowest BCUT2D eigenvalue weighted by molar-refractivity contribution is 0.309. The summed E-state index contributed by atoms with van der Waals surface area (Å²) in [5.74, 6) is 0.596. The van der Waals surface area contributed by atoms with E-state index in [2.05, 4.69) is 39.9 Å². The molecule has 1 unspecified atom stereocenters. The van der Waals surface area contributed by atoms with E-state index >= 15 is 0 Å². The average molecular weight is 293 g/mol. The second-order valence-corrected chi connectivity index (χ2v) is 7.06. The van der Waals surface area contributed by atoms with Crippen molar-refractivity contribution < 1.29 is 4.39 Å². The molecule has 120 valence electrons. The first-order valence-electron chi connectivity index (χ1n) is 8.37. The van der Waals surface area contributed by atoms with Gasteiger partial charge in [0.25, 0.3) is 0 Å². The Bertz CT molecular complexity index is 395. The fourth-order valence-electron chi connectivity index (χ4n) is 2.85. The quantitative estimate of drug-likeness (QED) is 0.651. The van der Waals surface area contributed by atoms with E-state index in [1.54, 1.807) is 12.1 Å². The van der Waals surface area contributed by atoms with Crippen LogP contribution in [0.4, 0.5) is 4.39 Å². The highest BCUT2D eigenvalue weighted by molar-refractivity contribution is 5.26. The molecule has 0 bridgehead atoms. The third kappa shape index (κ3) is 5.78. The van der Waals surface area contributed by atoms with Crippen LogP contribution in [0.3, 0.4) is 0 Å². The summed E-state index contributed by atoms with van der Waals surface area (Å²) in [6.07, 6.45) is 4.82. The first kappa shape index (κ1) is 18.2. The first-order chi connectivity index (χ1) is 9.87. The van der Waals surface area contributed by atoms with Crippen molar-refractivity contribution in [2.75, 3.05) is 6.54 Å². The lowest BCUT2D eigenvalue weighted by Crippen LogP contribution is -2.45. The van der Waals surface area contributed by atoms with Crippen LogP contribution in [0.2, 0.25) is 0 Å². The molecule has 0 amide bonds. The molecule has 1 nitrogen and oxygen atoms in total. The molecular weight excluding hydrogens is 261 g/mol. The maximum atomic E-state index is 13.2. The zero-order valence-electron chi connectivity index (χ0n) is 14.4. The summed E-state index contributed by atoms with van der Waals surface area (Å²) in [5, 5.41) is 3.70. The zero-order chi connectivity index (χ0) is 15.9. The Balaban J connectivity index is 2.80. The number of hydrogen-bond donors (Lipinski definition) is 1. The van der Waals surface area contributed by atoms with Crippen LogP contribution in [0.5, 0.6) is 0 Å². The normalized spacial score (nSPS) is 13.7. The molecule has 0 fully saturated rings. The number of halogens is 1. The number of benzene rings is 1. The second-order valence-electron chi connectivity index (χ2n) is 7.06. The Morgan fingerprint density at radius 2 is 1.71 bits per heavy atom. The predicted octanol–water partition coefficient (Wildman–Crippen LogP) is 5.30. The summed E-state index contributed by atoms with van der Waals surface area (Å²) >= 11 is 0. The Labute approximate surface area is 130 Å². The van der Waals surface area contributed by atoms with Crippen LogP contribution in [-0.4, -0.2) is 12.6 Å². The Hall–Kier alpha value is -0.890. The molecule has 1 aromatic carbocycles. The predicted molar refractivity (Wildman–Crippen MR) is 90.2 cm³/mol. The third-order valence-electron chi connectivity index (χ3n) is 4.37. The molecule has 0 saturated carbocycles. The van der Waals surface area contributed by atoms with Crippen molar-refractivity contribution in [3.8, 4) is 0 Å². The molecule has 0 radical (unpaired) electrons. The maximum Gasteiger partial charge on any atom is 0.123 e. The standard InChI is InChI=1S/C19H32FN/c1-6-14-21-18(9-7-8-15(2)3)19(4,5)16-10-12-17(20)13-11-16/h10-13,15,18,21H,6-9,14H2,1-5H3. The van der Waals surface area contributed by atoms with Crippen LogP contribution < -0.4 is 5.32 Å². The zero-order valence-corrected chi connectivity index (χ0v) is 14.4. The summed E-state index contributed by atoms with van der Waals surface area (Å²) in [5.41, 5.74) is 1.22. The molecule has 1 N–H and O–H groups in total. The van der Waals surface area contributed by atoms with E-state index in [9.17, 15) is 4.39 Å². The van der Waals surface area contributed by atoms with Gasteiger partial charge in [0.05, 0.1) is 0 Å². The van der Waals surface area contributed by atoms with E-state index in [1.807, 2.05) is 12.1 Å². The van der Waals surface area contributed by atoms with Gasteiger partial charge in [0.15, 0.2) is 0 Å². The molecule has 0 aliphatic heterocycles. The van der Waals surface area contributed by atoms with E-state index in [0.717, 1.165) is 18.9 Å². The Morgan fingerprint density at radius 3 is 2.24 bits per heavy atom. The second kappa shape index (κ2) is 8.53. The largest absolute Gasteiger partial charge is 0.313 e. The topological polar surface area (TPSA) is 12.0 Å². The molecule has 1 aromatic rings. The van der Waals surface area contributed by atoms with Crippen molar-refractivity contribution in [1.29, 1.82) is 0 Å². The van der Waals surface area contributed by atoms with Crippen molar-refractivity contribution in [1.82, 2.24) is 5.32 Å². The molecule has 1 atom stereocenters.